The van der Waals surface area contributed by atoms with Crippen molar-refractivity contribution < 1.29 is 4.79 Å². The van der Waals surface area contributed by atoms with Crippen molar-refractivity contribution in [3.8, 4) is 0 Å². The van der Waals surface area contributed by atoms with E-state index in [1.165, 1.54) is 11.5 Å². The van der Waals surface area contributed by atoms with Crippen LogP contribution in [0.5, 0.6) is 0 Å². The summed E-state index contributed by atoms with van der Waals surface area (Å²) >= 11 is 1.37. The summed E-state index contributed by atoms with van der Waals surface area (Å²) in [5.41, 5.74) is 6.27. The van der Waals surface area contributed by atoms with Gasteiger partial charge >= 0.3 is 0 Å². The number of carbonyl (C=O) groups excluding carboxylic acids is 1. The molecule has 0 saturated carbocycles. The van der Waals surface area contributed by atoms with E-state index in [-0.39, 0.29) is 11.8 Å². The Labute approximate surface area is 104 Å². The average Bonchev–Trinajstić information content (AvgIpc) is 2.90. The molecule has 1 aliphatic rings. The maximum absolute atomic E-state index is 11.1. The minimum atomic E-state index is -0.198. The first-order chi connectivity index (χ1) is 8.20. The number of hydrogen-bond donors (Lipinski definition) is 2. The second-order valence-corrected chi connectivity index (χ2v) is 4.96. The van der Waals surface area contributed by atoms with Gasteiger partial charge in [0.25, 0.3) is 0 Å². The number of hydrogen-bond acceptors (Lipinski definition) is 6. The van der Waals surface area contributed by atoms with Gasteiger partial charge < -0.3 is 11.1 Å². The first kappa shape index (κ1) is 12.3. The van der Waals surface area contributed by atoms with Gasteiger partial charge in [0.15, 0.2) is 0 Å². The van der Waals surface area contributed by atoms with Crippen LogP contribution >= 0.6 is 11.5 Å². The number of aromatic nitrogens is 2. The lowest BCUT2D eigenvalue weighted by atomic mass is 10.1. The molecule has 17 heavy (non-hydrogen) atoms. The zero-order valence-corrected chi connectivity index (χ0v) is 10.7. The number of nitrogens with one attached hydrogen (secondary N) is 1. The summed E-state index contributed by atoms with van der Waals surface area (Å²) in [6.07, 6.45) is 0.851. The minimum absolute atomic E-state index is 0.0100. The van der Waals surface area contributed by atoms with Gasteiger partial charge in [0.05, 0.1) is 5.92 Å². The second-order valence-electron chi connectivity index (χ2n) is 4.20. The van der Waals surface area contributed by atoms with Crippen molar-refractivity contribution in [2.45, 2.75) is 19.9 Å². The maximum atomic E-state index is 11.1. The summed E-state index contributed by atoms with van der Waals surface area (Å²) in [6.45, 7) is 5.28. The molecule has 1 atom stereocenters. The lowest BCUT2D eigenvalue weighted by molar-refractivity contribution is -0.121. The third-order valence-corrected chi connectivity index (χ3v) is 3.67. The maximum Gasteiger partial charge on any atom is 0.221 e. The van der Waals surface area contributed by atoms with E-state index in [2.05, 4.69) is 19.8 Å². The summed E-state index contributed by atoms with van der Waals surface area (Å²) in [6, 6.07) is 0. The van der Waals surface area contributed by atoms with Gasteiger partial charge in [-0.15, -0.1) is 5.10 Å². The molecule has 1 amide bonds. The SMILES string of the molecule is CCNc1snnc1CN1CCC(C(N)=O)C1. The topological polar surface area (TPSA) is 84.1 Å². The van der Waals surface area contributed by atoms with E-state index in [0.29, 0.717) is 0 Å². The number of anilines is 1. The summed E-state index contributed by atoms with van der Waals surface area (Å²) in [5, 5.41) is 8.38. The second kappa shape index (κ2) is 5.42. The number of carbonyl (C=O) groups is 1. The molecule has 2 heterocycles. The number of likely N-dealkylation sites (tertiary alicyclic amines) is 1. The molecule has 0 spiro atoms. The number of rotatable bonds is 5. The number of nitrogens with two attached hydrogens (primary N) is 1. The lowest BCUT2D eigenvalue weighted by Gasteiger charge is -2.14. The predicted octanol–water partition coefficient (Wildman–Crippen LogP) is 0.277. The van der Waals surface area contributed by atoms with Gasteiger partial charge in [-0.25, -0.2) is 0 Å². The molecule has 7 heteroatoms. The van der Waals surface area contributed by atoms with Crippen LogP contribution in [0.15, 0.2) is 0 Å². The largest absolute Gasteiger partial charge is 0.374 e. The lowest BCUT2D eigenvalue weighted by Crippen LogP contribution is -2.27. The molecule has 2 rings (SSSR count). The molecule has 0 aliphatic carbocycles. The molecule has 1 aromatic rings. The Hall–Kier alpha value is -1.21. The normalized spacial score (nSPS) is 20.6. The molecule has 1 fully saturated rings. The quantitative estimate of drug-likeness (QED) is 0.789. The highest BCUT2D eigenvalue weighted by Crippen LogP contribution is 2.23. The van der Waals surface area contributed by atoms with Crippen LogP contribution in [0.2, 0.25) is 0 Å². The fourth-order valence-electron chi connectivity index (χ4n) is 2.03. The fraction of sp³-hybridized carbons (Fsp3) is 0.700. The van der Waals surface area contributed by atoms with Crippen molar-refractivity contribution in [3.63, 3.8) is 0 Å². The van der Waals surface area contributed by atoms with E-state index in [0.717, 1.165) is 43.3 Å². The Balaban J connectivity index is 1.93. The van der Waals surface area contributed by atoms with Crippen LogP contribution in [0.4, 0.5) is 5.00 Å². The van der Waals surface area contributed by atoms with Gasteiger partial charge in [0.1, 0.15) is 10.7 Å². The molecule has 0 bridgehead atoms. The van der Waals surface area contributed by atoms with Crippen molar-refractivity contribution in [2.24, 2.45) is 11.7 Å². The van der Waals surface area contributed by atoms with Crippen molar-refractivity contribution in [1.82, 2.24) is 14.5 Å². The van der Waals surface area contributed by atoms with Crippen LogP contribution in [0.1, 0.15) is 19.0 Å². The van der Waals surface area contributed by atoms with Crippen LogP contribution in [-0.4, -0.2) is 40.0 Å². The standard InChI is InChI=1S/C10H17N5OS/c1-2-12-10-8(13-14-17-10)6-15-4-3-7(5-15)9(11)16/h7,12H,2-6H2,1H3,(H2,11,16). The van der Waals surface area contributed by atoms with E-state index < -0.39 is 0 Å². The first-order valence-corrected chi connectivity index (χ1v) is 6.54. The molecule has 0 aromatic carbocycles. The monoisotopic (exact) mass is 255 g/mol. The van der Waals surface area contributed by atoms with Gasteiger partial charge in [-0.2, -0.15) is 0 Å². The van der Waals surface area contributed by atoms with Gasteiger partial charge in [-0.05, 0) is 19.9 Å². The Morgan fingerprint density at radius 1 is 1.71 bits per heavy atom. The summed E-state index contributed by atoms with van der Waals surface area (Å²) in [7, 11) is 0. The van der Waals surface area contributed by atoms with Crippen LogP contribution in [0, 0.1) is 5.92 Å². The predicted molar refractivity (Wildman–Crippen MR) is 66.7 cm³/mol. The Kier molecular flexibility index (Phi) is 3.90. The molecule has 0 radical (unpaired) electrons. The van der Waals surface area contributed by atoms with E-state index in [9.17, 15) is 4.79 Å². The minimum Gasteiger partial charge on any atom is -0.374 e. The first-order valence-electron chi connectivity index (χ1n) is 5.77. The highest BCUT2D eigenvalue weighted by molar-refractivity contribution is 7.10. The van der Waals surface area contributed by atoms with Crippen molar-refractivity contribution in [3.05, 3.63) is 5.69 Å². The fourth-order valence-corrected chi connectivity index (χ4v) is 2.67. The van der Waals surface area contributed by atoms with E-state index in [4.69, 9.17) is 5.73 Å². The summed E-state index contributed by atoms with van der Waals surface area (Å²) < 4.78 is 3.95. The van der Waals surface area contributed by atoms with Gasteiger partial charge in [0.2, 0.25) is 5.91 Å². The molecule has 1 unspecified atom stereocenters. The average molecular weight is 255 g/mol. The van der Waals surface area contributed by atoms with Crippen molar-refractivity contribution in [1.29, 1.82) is 0 Å². The van der Waals surface area contributed by atoms with Gasteiger partial charge in [-0.1, -0.05) is 4.49 Å². The molecule has 1 aromatic heterocycles. The zero-order chi connectivity index (χ0) is 12.3. The smallest absolute Gasteiger partial charge is 0.221 e. The summed E-state index contributed by atoms with van der Waals surface area (Å²) in [4.78, 5) is 13.3. The van der Waals surface area contributed by atoms with Crippen LogP contribution in [0.25, 0.3) is 0 Å². The third kappa shape index (κ3) is 2.92. The van der Waals surface area contributed by atoms with Crippen LogP contribution in [-0.2, 0) is 11.3 Å². The van der Waals surface area contributed by atoms with Crippen LogP contribution < -0.4 is 11.1 Å². The Morgan fingerprint density at radius 3 is 3.18 bits per heavy atom. The molecule has 3 N–H and O–H groups in total. The van der Waals surface area contributed by atoms with E-state index in [1.807, 2.05) is 6.92 Å². The number of amides is 1. The van der Waals surface area contributed by atoms with Crippen LogP contribution in [0.3, 0.4) is 0 Å². The Morgan fingerprint density at radius 2 is 2.53 bits per heavy atom. The van der Waals surface area contributed by atoms with Gasteiger partial charge in [-0.3, -0.25) is 9.69 Å². The van der Waals surface area contributed by atoms with Gasteiger partial charge in [0, 0.05) is 31.2 Å². The highest BCUT2D eigenvalue weighted by atomic mass is 32.1. The summed E-state index contributed by atoms with van der Waals surface area (Å²) in [5.74, 6) is -0.208. The molecule has 6 nitrogen and oxygen atoms in total. The third-order valence-electron chi connectivity index (χ3n) is 2.94. The molecular formula is C10H17N5OS. The molecule has 94 valence electrons. The Bertz CT molecular complexity index is 394. The molecular weight excluding hydrogens is 238 g/mol. The number of nitrogens with zero attached hydrogens (tertiary/aromatic N) is 3. The van der Waals surface area contributed by atoms with Crippen molar-refractivity contribution >= 4 is 22.4 Å². The van der Waals surface area contributed by atoms with E-state index >= 15 is 0 Å². The number of primary amides is 1. The zero-order valence-electron chi connectivity index (χ0n) is 9.85. The molecule has 1 saturated heterocycles. The highest BCUT2D eigenvalue weighted by Gasteiger charge is 2.27. The van der Waals surface area contributed by atoms with E-state index in [1.54, 1.807) is 0 Å². The van der Waals surface area contributed by atoms with Crippen molar-refractivity contribution in [2.75, 3.05) is 25.0 Å². The molecule has 1 aliphatic heterocycles.